The number of ether oxygens (including phenoxy) is 1. The Hall–Kier alpha value is -0.890. The van der Waals surface area contributed by atoms with E-state index in [-0.39, 0.29) is 11.7 Å². The van der Waals surface area contributed by atoms with Gasteiger partial charge in [0.05, 0.1) is 12.0 Å². The van der Waals surface area contributed by atoms with Gasteiger partial charge >= 0.3 is 0 Å². The molecule has 2 nitrogen and oxygen atoms in total. The van der Waals surface area contributed by atoms with E-state index in [1.165, 1.54) is 0 Å². The Morgan fingerprint density at radius 2 is 1.92 bits per heavy atom. The Balaban J connectivity index is 2.86. The molecule has 1 aliphatic carbocycles. The van der Waals surface area contributed by atoms with Gasteiger partial charge in [0.15, 0.2) is 5.78 Å². The van der Waals surface area contributed by atoms with Crippen molar-refractivity contribution in [3.63, 3.8) is 0 Å². The number of allylic oxidation sites excluding steroid dienone is 2. The average Bonchev–Trinajstić information content (AvgIpc) is 2.53. The molecule has 0 aliphatic heterocycles. The molecular formula is C11H16O2. The molecule has 1 rings (SSSR count). The van der Waals surface area contributed by atoms with Crippen LogP contribution in [0.15, 0.2) is 24.3 Å². The second kappa shape index (κ2) is 3.88. The number of rotatable bonds is 4. The van der Waals surface area contributed by atoms with E-state index in [1.54, 1.807) is 7.11 Å². The monoisotopic (exact) mass is 180 g/mol. The zero-order valence-corrected chi connectivity index (χ0v) is 8.41. The molecule has 0 radical (unpaired) electrons. The molecule has 0 bridgehead atoms. The molecular weight excluding hydrogens is 164 g/mol. The van der Waals surface area contributed by atoms with Crippen molar-refractivity contribution < 1.29 is 9.53 Å². The lowest BCUT2D eigenvalue weighted by Gasteiger charge is -2.24. The molecule has 0 aromatic carbocycles. The SMILES string of the molecule is COCC1(C(=O)C(C)C)C=CC=C1. The molecule has 0 N–H and O–H groups in total. The van der Waals surface area contributed by atoms with Gasteiger partial charge < -0.3 is 4.74 Å². The molecule has 0 unspecified atom stereocenters. The second-order valence-corrected chi connectivity index (χ2v) is 3.71. The minimum absolute atomic E-state index is 0.0440. The summed E-state index contributed by atoms with van der Waals surface area (Å²) in [4.78, 5) is 11.9. The third-order valence-corrected chi connectivity index (χ3v) is 2.26. The van der Waals surface area contributed by atoms with E-state index in [0.717, 1.165) is 0 Å². The molecule has 0 heterocycles. The van der Waals surface area contributed by atoms with E-state index in [2.05, 4.69) is 0 Å². The van der Waals surface area contributed by atoms with Crippen molar-refractivity contribution in [1.29, 1.82) is 0 Å². The lowest BCUT2D eigenvalue weighted by molar-refractivity contribution is -0.129. The van der Waals surface area contributed by atoms with Crippen LogP contribution in [0.2, 0.25) is 0 Å². The molecule has 2 heteroatoms. The molecule has 0 aromatic heterocycles. The van der Waals surface area contributed by atoms with Gasteiger partial charge in [-0.15, -0.1) is 0 Å². The maximum absolute atomic E-state index is 11.9. The van der Waals surface area contributed by atoms with Gasteiger partial charge in [-0.2, -0.15) is 0 Å². The third-order valence-electron chi connectivity index (χ3n) is 2.26. The molecule has 0 amide bonds. The lowest BCUT2D eigenvalue weighted by Crippen LogP contribution is -2.33. The van der Waals surface area contributed by atoms with Crippen molar-refractivity contribution in [2.75, 3.05) is 13.7 Å². The van der Waals surface area contributed by atoms with Crippen molar-refractivity contribution in [2.45, 2.75) is 13.8 Å². The molecule has 72 valence electrons. The Morgan fingerprint density at radius 3 is 2.31 bits per heavy atom. The van der Waals surface area contributed by atoms with Crippen LogP contribution in [-0.4, -0.2) is 19.5 Å². The van der Waals surface area contributed by atoms with Crippen LogP contribution in [0.4, 0.5) is 0 Å². The van der Waals surface area contributed by atoms with Crippen molar-refractivity contribution >= 4 is 5.78 Å². The van der Waals surface area contributed by atoms with Crippen LogP contribution < -0.4 is 0 Å². The molecule has 0 atom stereocenters. The zero-order valence-electron chi connectivity index (χ0n) is 8.41. The van der Waals surface area contributed by atoms with Crippen molar-refractivity contribution in [1.82, 2.24) is 0 Å². The van der Waals surface area contributed by atoms with Crippen LogP contribution in [-0.2, 0) is 9.53 Å². The van der Waals surface area contributed by atoms with E-state index >= 15 is 0 Å². The summed E-state index contributed by atoms with van der Waals surface area (Å²) in [6, 6.07) is 0. The fourth-order valence-corrected chi connectivity index (χ4v) is 1.62. The van der Waals surface area contributed by atoms with Gasteiger partial charge in [-0.05, 0) is 0 Å². The first kappa shape index (κ1) is 10.2. The number of carbonyl (C=O) groups excluding carboxylic acids is 1. The first-order valence-corrected chi connectivity index (χ1v) is 4.53. The van der Waals surface area contributed by atoms with Gasteiger partial charge in [0.25, 0.3) is 0 Å². The van der Waals surface area contributed by atoms with Crippen LogP contribution in [0.1, 0.15) is 13.8 Å². The lowest BCUT2D eigenvalue weighted by atomic mass is 9.81. The zero-order chi connectivity index (χ0) is 9.90. The standard InChI is InChI=1S/C11H16O2/c1-9(2)10(12)11(8-13-3)6-4-5-7-11/h4-7,9H,8H2,1-3H3. The molecule has 0 fully saturated rings. The minimum atomic E-state index is -0.497. The normalized spacial score (nSPS) is 18.5. The predicted molar refractivity (Wildman–Crippen MR) is 52.4 cm³/mol. The van der Waals surface area contributed by atoms with Crippen LogP contribution in [0.25, 0.3) is 0 Å². The summed E-state index contributed by atoms with van der Waals surface area (Å²) in [6.45, 7) is 4.27. The fraction of sp³-hybridized carbons (Fsp3) is 0.545. The highest BCUT2D eigenvalue weighted by Gasteiger charge is 2.35. The quantitative estimate of drug-likeness (QED) is 0.661. The minimum Gasteiger partial charge on any atom is -0.383 e. The van der Waals surface area contributed by atoms with Crippen LogP contribution in [0.3, 0.4) is 0 Å². The number of Topliss-reactive ketones (excluding diaryl/α,β-unsaturated/α-hetero) is 1. The number of ketones is 1. The third kappa shape index (κ3) is 1.89. The Labute approximate surface area is 79.3 Å². The van der Waals surface area contributed by atoms with E-state index in [1.807, 2.05) is 38.2 Å². The summed E-state index contributed by atoms with van der Waals surface area (Å²) < 4.78 is 5.08. The predicted octanol–water partition coefficient (Wildman–Crippen LogP) is 1.97. The van der Waals surface area contributed by atoms with Crippen LogP contribution in [0.5, 0.6) is 0 Å². The first-order valence-electron chi connectivity index (χ1n) is 4.53. The summed E-state index contributed by atoms with van der Waals surface area (Å²) in [7, 11) is 1.62. The number of methoxy groups -OCH3 is 1. The van der Waals surface area contributed by atoms with Crippen LogP contribution >= 0.6 is 0 Å². The highest BCUT2D eigenvalue weighted by molar-refractivity contribution is 5.91. The Bertz CT molecular complexity index is 237. The molecule has 1 aliphatic rings. The maximum atomic E-state index is 11.9. The van der Waals surface area contributed by atoms with Gasteiger partial charge in [-0.25, -0.2) is 0 Å². The van der Waals surface area contributed by atoms with Gasteiger partial charge in [0, 0.05) is 13.0 Å². The largest absolute Gasteiger partial charge is 0.383 e. The Kier molecular flexibility index (Phi) is 3.04. The smallest absolute Gasteiger partial charge is 0.151 e. The number of hydrogen-bond donors (Lipinski definition) is 0. The first-order chi connectivity index (χ1) is 6.12. The van der Waals surface area contributed by atoms with Gasteiger partial charge in [-0.1, -0.05) is 38.2 Å². The summed E-state index contributed by atoms with van der Waals surface area (Å²) in [6.07, 6.45) is 7.64. The maximum Gasteiger partial charge on any atom is 0.151 e. The van der Waals surface area contributed by atoms with E-state index < -0.39 is 5.41 Å². The van der Waals surface area contributed by atoms with Crippen molar-refractivity contribution in [3.8, 4) is 0 Å². The second-order valence-electron chi connectivity index (χ2n) is 3.71. The molecule has 0 saturated heterocycles. The molecule has 0 aromatic rings. The molecule has 13 heavy (non-hydrogen) atoms. The number of carbonyl (C=O) groups is 1. The van der Waals surface area contributed by atoms with Crippen molar-refractivity contribution in [2.24, 2.45) is 11.3 Å². The highest BCUT2D eigenvalue weighted by Crippen LogP contribution is 2.30. The summed E-state index contributed by atoms with van der Waals surface area (Å²) in [5.41, 5.74) is -0.497. The highest BCUT2D eigenvalue weighted by atomic mass is 16.5. The van der Waals surface area contributed by atoms with Crippen LogP contribution in [0, 0.1) is 11.3 Å². The van der Waals surface area contributed by atoms with Gasteiger partial charge in [-0.3, -0.25) is 4.79 Å². The van der Waals surface area contributed by atoms with E-state index in [9.17, 15) is 4.79 Å². The topological polar surface area (TPSA) is 26.3 Å². The Morgan fingerprint density at radius 1 is 1.38 bits per heavy atom. The molecule has 0 saturated carbocycles. The number of hydrogen-bond acceptors (Lipinski definition) is 2. The molecule has 0 spiro atoms. The summed E-state index contributed by atoms with van der Waals surface area (Å²) >= 11 is 0. The summed E-state index contributed by atoms with van der Waals surface area (Å²) in [5, 5.41) is 0. The van der Waals surface area contributed by atoms with E-state index in [0.29, 0.717) is 6.61 Å². The average molecular weight is 180 g/mol. The summed E-state index contributed by atoms with van der Waals surface area (Å²) in [5.74, 6) is 0.266. The van der Waals surface area contributed by atoms with Gasteiger partial charge in [0.1, 0.15) is 0 Å². The van der Waals surface area contributed by atoms with E-state index in [4.69, 9.17) is 4.74 Å². The van der Waals surface area contributed by atoms with Gasteiger partial charge in [0.2, 0.25) is 0 Å². The van der Waals surface area contributed by atoms with Crippen molar-refractivity contribution in [3.05, 3.63) is 24.3 Å². The fourth-order valence-electron chi connectivity index (χ4n) is 1.62.